The molecule has 19 heavy (non-hydrogen) atoms. The highest BCUT2D eigenvalue weighted by molar-refractivity contribution is 7.90. The average molecular weight is 282 g/mol. The largest absolute Gasteiger partial charge is 0.354 e. The van der Waals surface area contributed by atoms with Gasteiger partial charge in [-0.1, -0.05) is 0 Å². The fourth-order valence-electron chi connectivity index (χ4n) is 2.41. The highest BCUT2D eigenvalue weighted by atomic mass is 32.2. The van der Waals surface area contributed by atoms with E-state index >= 15 is 0 Å². The lowest BCUT2D eigenvalue weighted by molar-refractivity contribution is 0.432. The van der Waals surface area contributed by atoms with Crippen LogP contribution >= 0.6 is 0 Å². The van der Waals surface area contributed by atoms with Crippen molar-refractivity contribution in [1.82, 2.24) is 14.3 Å². The zero-order valence-corrected chi connectivity index (χ0v) is 11.6. The lowest BCUT2D eigenvalue weighted by Crippen LogP contribution is -2.37. The van der Waals surface area contributed by atoms with Gasteiger partial charge in [-0.25, -0.2) is 13.4 Å². The molecule has 0 atom stereocenters. The molecule has 2 aliphatic rings. The van der Waals surface area contributed by atoms with E-state index in [1.807, 2.05) is 0 Å². The van der Waals surface area contributed by atoms with Crippen LogP contribution in [-0.4, -0.2) is 54.1 Å². The molecule has 6 nitrogen and oxygen atoms in total. The van der Waals surface area contributed by atoms with Crippen molar-refractivity contribution < 1.29 is 8.42 Å². The Hall–Kier alpha value is -1.21. The summed E-state index contributed by atoms with van der Waals surface area (Å²) in [7, 11) is -3.05. The van der Waals surface area contributed by atoms with Gasteiger partial charge < -0.3 is 4.90 Å². The van der Waals surface area contributed by atoms with E-state index in [0.29, 0.717) is 19.6 Å². The van der Waals surface area contributed by atoms with Crippen molar-refractivity contribution in [2.75, 3.05) is 31.1 Å². The topological polar surface area (TPSA) is 66.4 Å². The molecule has 0 unspecified atom stereocenters. The van der Waals surface area contributed by atoms with E-state index in [2.05, 4.69) is 14.9 Å². The van der Waals surface area contributed by atoms with E-state index in [1.165, 1.54) is 0 Å². The number of hydrogen-bond donors (Lipinski definition) is 0. The Bertz CT molecular complexity index is 530. The maximum atomic E-state index is 12.2. The van der Waals surface area contributed by atoms with Crippen molar-refractivity contribution in [3.63, 3.8) is 0 Å². The lowest BCUT2D eigenvalue weighted by atomic mass is 10.4. The Morgan fingerprint density at radius 2 is 1.95 bits per heavy atom. The molecule has 0 radical (unpaired) electrons. The minimum absolute atomic E-state index is 0.115. The van der Waals surface area contributed by atoms with Crippen molar-refractivity contribution in [2.24, 2.45) is 0 Å². The fraction of sp³-hybridized carbons (Fsp3) is 0.667. The Kier molecular flexibility index (Phi) is 3.40. The SMILES string of the molecule is O=S(=O)(C1CC1)N1CCCN(c2cnccn2)CC1. The third-order valence-electron chi connectivity index (χ3n) is 3.63. The molecule has 3 rings (SSSR count). The molecule has 0 N–H and O–H groups in total. The molecule has 2 fully saturated rings. The van der Waals surface area contributed by atoms with Crippen LogP contribution in [0.4, 0.5) is 5.82 Å². The number of hydrogen-bond acceptors (Lipinski definition) is 5. The molecule has 104 valence electrons. The van der Waals surface area contributed by atoms with Crippen LogP contribution in [-0.2, 0) is 10.0 Å². The van der Waals surface area contributed by atoms with Gasteiger partial charge in [-0.15, -0.1) is 0 Å². The first-order valence-electron chi connectivity index (χ1n) is 6.68. The van der Waals surface area contributed by atoms with Crippen molar-refractivity contribution in [3.8, 4) is 0 Å². The summed E-state index contributed by atoms with van der Waals surface area (Å²) in [5.74, 6) is 0.827. The summed E-state index contributed by atoms with van der Waals surface area (Å²) in [5, 5.41) is -0.115. The minimum atomic E-state index is -3.05. The molecular weight excluding hydrogens is 264 g/mol. The lowest BCUT2D eigenvalue weighted by Gasteiger charge is -2.22. The van der Waals surface area contributed by atoms with E-state index < -0.39 is 10.0 Å². The minimum Gasteiger partial charge on any atom is -0.354 e. The fourth-order valence-corrected chi connectivity index (χ4v) is 4.28. The number of anilines is 1. The van der Waals surface area contributed by atoms with Crippen molar-refractivity contribution in [1.29, 1.82) is 0 Å². The molecule has 1 aromatic heterocycles. The first kappa shape index (κ1) is 12.8. The summed E-state index contributed by atoms with van der Waals surface area (Å²) >= 11 is 0. The summed E-state index contributed by atoms with van der Waals surface area (Å²) in [6.45, 7) is 2.69. The van der Waals surface area contributed by atoms with Gasteiger partial charge >= 0.3 is 0 Å². The van der Waals surface area contributed by atoms with Crippen LogP contribution < -0.4 is 4.90 Å². The Balaban J connectivity index is 1.69. The molecule has 1 aliphatic heterocycles. The summed E-state index contributed by atoms with van der Waals surface area (Å²) in [5.41, 5.74) is 0. The van der Waals surface area contributed by atoms with Gasteiger partial charge in [0.15, 0.2) is 0 Å². The molecule has 1 aromatic rings. The van der Waals surface area contributed by atoms with Crippen LogP contribution in [0.25, 0.3) is 0 Å². The number of sulfonamides is 1. The predicted molar refractivity (Wildman–Crippen MR) is 72.4 cm³/mol. The monoisotopic (exact) mass is 282 g/mol. The third kappa shape index (κ3) is 2.71. The molecule has 0 bridgehead atoms. The van der Waals surface area contributed by atoms with Gasteiger partial charge in [-0.3, -0.25) is 4.98 Å². The molecule has 0 amide bonds. The van der Waals surface area contributed by atoms with Gasteiger partial charge in [0.2, 0.25) is 10.0 Å². The van der Waals surface area contributed by atoms with E-state index in [1.54, 1.807) is 22.9 Å². The van der Waals surface area contributed by atoms with E-state index in [9.17, 15) is 8.42 Å². The van der Waals surface area contributed by atoms with Crippen LogP contribution in [0.3, 0.4) is 0 Å². The molecule has 7 heteroatoms. The first-order valence-corrected chi connectivity index (χ1v) is 8.18. The van der Waals surface area contributed by atoms with Gasteiger partial charge in [0.05, 0.1) is 11.4 Å². The molecule has 1 saturated heterocycles. The predicted octanol–water partition coefficient (Wildman–Crippen LogP) is 0.481. The second-order valence-electron chi connectivity index (χ2n) is 5.05. The summed E-state index contributed by atoms with van der Waals surface area (Å²) < 4.78 is 26.1. The number of aromatic nitrogens is 2. The summed E-state index contributed by atoms with van der Waals surface area (Å²) in [6, 6.07) is 0. The first-order chi connectivity index (χ1) is 9.18. The number of rotatable bonds is 3. The Morgan fingerprint density at radius 1 is 1.11 bits per heavy atom. The second kappa shape index (κ2) is 5.05. The molecule has 1 saturated carbocycles. The van der Waals surface area contributed by atoms with Gasteiger partial charge in [0.25, 0.3) is 0 Å². The highest BCUT2D eigenvalue weighted by Crippen LogP contribution is 2.31. The van der Waals surface area contributed by atoms with Crippen LogP contribution in [0.15, 0.2) is 18.6 Å². The standard InChI is InChI=1S/C12H18N4O2S/c17-19(18,11-2-3-11)16-7-1-6-15(8-9-16)12-10-13-4-5-14-12/h4-5,10-11H,1-3,6-9H2. The summed E-state index contributed by atoms with van der Waals surface area (Å²) in [4.78, 5) is 10.4. The average Bonchev–Trinajstić information content (AvgIpc) is 3.26. The molecular formula is C12H18N4O2S. The van der Waals surface area contributed by atoms with Gasteiger partial charge in [0.1, 0.15) is 5.82 Å². The van der Waals surface area contributed by atoms with Gasteiger partial charge in [-0.05, 0) is 19.3 Å². The third-order valence-corrected chi connectivity index (χ3v) is 6.03. The van der Waals surface area contributed by atoms with Crippen molar-refractivity contribution in [2.45, 2.75) is 24.5 Å². The van der Waals surface area contributed by atoms with Crippen LogP contribution in [0, 0.1) is 0 Å². The van der Waals surface area contributed by atoms with Gasteiger partial charge in [-0.2, -0.15) is 4.31 Å². The van der Waals surface area contributed by atoms with Crippen LogP contribution in [0.2, 0.25) is 0 Å². The van der Waals surface area contributed by atoms with E-state index in [0.717, 1.165) is 31.6 Å². The molecule has 1 aliphatic carbocycles. The maximum Gasteiger partial charge on any atom is 0.217 e. The smallest absolute Gasteiger partial charge is 0.217 e. The quantitative estimate of drug-likeness (QED) is 0.807. The zero-order valence-electron chi connectivity index (χ0n) is 10.8. The van der Waals surface area contributed by atoms with E-state index in [4.69, 9.17) is 0 Å². The zero-order chi connectivity index (χ0) is 13.3. The molecule has 0 aromatic carbocycles. The Morgan fingerprint density at radius 3 is 2.63 bits per heavy atom. The number of nitrogens with zero attached hydrogens (tertiary/aromatic N) is 4. The highest BCUT2D eigenvalue weighted by Gasteiger charge is 2.40. The normalized spacial score (nSPS) is 22.2. The van der Waals surface area contributed by atoms with Crippen LogP contribution in [0.5, 0.6) is 0 Å². The maximum absolute atomic E-state index is 12.2. The van der Waals surface area contributed by atoms with E-state index in [-0.39, 0.29) is 5.25 Å². The molecule has 0 spiro atoms. The summed E-state index contributed by atoms with van der Waals surface area (Å²) in [6.07, 6.45) is 7.52. The second-order valence-corrected chi connectivity index (χ2v) is 7.26. The van der Waals surface area contributed by atoms with Gasteiger partial charge in [0, 0.05) is 38.6 Å². The van der Waals surface area contributed by atoms with Crippen LogP contribution in [0.1, 0.15) is 19.3 Å². The Labute approximate surface area is 113 Å². The van der Waals surface area contributed by atoms with Crippen molar-refractivity contribution in [3.05, 3.63) is 18.6 Å². The molecule has 2 heterocycles. The van der Waals surface area contributed by atoms with Crippen molar-refractivity contribution >= 4 is 15.8 Å².